The van der Waals surface area contributed by atoms with E-state index >= 15 is 0 Å². The molecule has 2 heteroatoms. The van der Waals surface area contributed by atoms with Crippen LogP contribution in [0.5, 0.6) is 5.75 Å². The first-order valence-electron chi connectivity index (χ1n) is 5.72. The van der Waals surface area contributed by atoms with Crippen molar-refractivity contribution in [3.05, 3.63) is 28.8 Å². The molecule has 0 aliphatic carbocycles. The van der Waals surface area contributed by atoms with Crippen LogP contribution in [0.2, 0.25) is 0 Å². The van der Waals surface area contributed by atoms with Crippen LogP contribution >= 0.6 is 0 Å². The molecule has 0 aliphatic heterocycles. The standard InChI is InChI=1S/C14H20O2/c1-8(2)11-6-12(9(3)4)14(16)13(7-11)10(5)15/h6-9,16H,1-5H3. The van der Waals surface area contributed by atoms with Crippen LogP contribution in [0.1, 0.15) is 67.9 Å². The van der Waals surface area contributed by atoms with E-state index < -0.39 is 0 Å². The normalized spacial score (nSPS) is 11.2. The number of phenols is 1. The Morgan fingerprint density at radius 2 is 1.69 bits per heavy atom. The van der Waals surface area contributed by atoms with E-state index in [1.54, 1.807) is 6.07 Å². The maximum Gasteiger partial charge on any atom is 0.163 e. The van der Waals surface area contributed by atoms with Gasteiger partial charge in [0, 0.05) is 0 Å². The molecule has 1 aromatic carbocycles. The van der Waals surface area contributed by atoms with Gasteiger partial charge in [-0.05, 0) is 36.0 Å². The lowest BCUT2D eigenvalue weighted by Gasteiger charge is -2.15. The van der Waals surface area contributed by atoms with Gasteiger partial charge in [-0.25, -0.2) is 0 Å². The number of ketones is 1. The van der Waals surface area contributed by atoms with Gasteiger partial charge < -0.3 is 5.11 Å². The van der Waals surface area contributed by atoms with Gasteiger partial charge in [0.2, 0.25) is 0 Å². The van der Waals surface area contributed by atoms with E-state index in [0.29, 0.717) is 11.5 Å². The Labute approximate surface area is 97.3 Å². The van der Waals surface area contributed by atoms with Gasteiger partial charge in [0.05, 0.1) is 5.56 Å². The first-order valence-corrected chi connectivity index (χ1v) is 5.72. The molecule has 0 bridgehead atoms. The number of rotatable bonds is 3. The summed E-state index contributed by atoms with van der Waals surface area (Å²) in [7, 11) is 0. The SMILES string of the molecule is CC(=O)c1cc(C(C)C)cc(C(C)C)c1O. The summed E-state index contributed by atoms with van der Waals surface area (Å²) in [5.41, 5.74) is 2.40. The summed E-state index contributed by atoms with van der Waals surface area (Å²) in [5.74, 6) is 0.641. The molecular weight excluding hydrogens is 200 g/mol. The van der Waals surface area contributed by atoms with Crippen molar-refractivity contribution in [2.24, 2.45) is 0 Å². The number of hydrogen-bond donors (Lipinski definition) is 1. The summed E-state index contributed by atoms with van der Waals surface area (Å²) in [6.07, 6.45) is 0. The summed E-state index contributed by atoms with van der Waals surface area (Å²) in [4.78, 5) is 11.5. The molecule has 0 atom stereocenters. The van der Waals surface area contributed by atoms with Gasteiger partial charge in [0.15, 0.2) is 5.78 Å². The monoisotopic (exact) mass is 220 g/mol. The summed E-state index contributed by atoms with van der Waals surface area (Å²) >= 11 is 0. The minimum atomic E-state index is -0.0816. The summed E-state index contributed by atoms with van der Waals surface area (Å²) in [6.45, 7) is 9.69. The van der Waals surface area contributed by atoms with Crippen LogP contribution in [0.4, 0.5) is 0 Å². The molecular formula is C14H20O2. The number of carbonyl (C=O) groups excluding carboxylic acids is 1. The maximum atomic E-state index is 11.5. The Kier molecular flexibility index (Phi) is 3.74. The highest BCUT2D eigenvalue weighted by atomic mass is 16.3. The van der Waals surface area contributed by atoms with Gasteiger partial charge in [-0.3, -0.25) is 4.79 Å². The van der Waals surface area contributed by atoms with Crippen LogP contribution < -0.4 is 0 Å². The molecule has 1 N–H and O–H groups in total. The first kappa shape index (κ1) is 12.8. The molecule has 0 spiro atoms. The number of Topliss-reactive ketones (excluding diaryl/α,β-unsaturated/α-hetero) is 1. The third-order valence-electron chi connectivity index (χ3n) is 2.83. The second-order valence-electron chi connectivity index (χ2n) is 4.87. The molecule has 0 fully saturated rings. The minimum absolute atomic E-state index is 0.0816. The molecule has 0 aromatic heterocycles. The van der Waals surface area contributed by atoms with Crippen LogP contribution in [0.3, 0.4) is 0 Å². The molecule has 0 heterocycles. The lowest BCUT2D eigenvalue weighted by Crippen LogP contribution is -2.01. The molecule has 0 saturated heterocycles. The predicted octanol–water partition coefficient (Wildman–Crippen LogP) is 3.84. The van der Waals surface area contributed by atoms with E-state index in [-0.39, 0.29) is 17.5 Å². The van der Waals surface area contributed by atoms with Crippen molar-refractivity contribution in [1.29, 1.82) is 0 Å². The summed E-state index contributed by atoms with van der Waals surface area (Å²) < 4.78 is 0. The van der Waals surface area contributed by atoms with Gasteiger partial charge in [-0.1, -0.05) is 33.8 Å². The van der Waals surface area contributed by atoms with E-state index in [0.717, 1.165) is 11.1 Å². The number of carbonyl (C=O) groups is 1. The smallest absolute Gasteiger partial charge is 0.163 e. The molecule has 0 saturated carbocycles. The molecule has 16 heavy (non-hydrogen) atoms. The third kappa shape index (κ3) is 2.43. The van der Waals surface area contributed by atoms with Crippen molar-refractivity contribution in [3.63, 3.8) is 0 Å². The fourth-order valence-electron chi connectivity index (χ4n) is 1.72. The Morgan fingerprint density at radius 3 is 2.06 bits per heavy atom. The second kappa shape index (κ2) is 4.69. The second-order valence-corrected chi connectivity index (χ2v) is 4.87. The lowest BCUT2D eigenvalue weighted by molar-refractivity contribution is 0.101. The predicted molar refractivity (Wildman–Crippen MR) is 66.3 cm³/mol. The molecule has 0 aliphatic rings. The highest BCUT2D eigenvalue weighted by Gasteiger charge is 2.16. The van der Waals surface area contributed by atoms with E-state index in [2.05, 4.69) is 13.8 Å². The number of hydrogen-bond acceptors (Lipinski definition) is 2. The minimum Gasteiger partial charge on any atom is -0.507 e. The summed E-state index contributed by atoms with van der Waals surface area (Å²) in [5, 5.41) is 10.0. The van der Waals surface area contributed by atoms with Gasteiger partial charge in [-0.15, -0.1) is 0 Å². The Hall–Kier alpha value is -1.31. The largest absolute Gasteiger partial charge is 0.507 e. The molecule has 88 valence electrons. The van der Waals surface area contributed by atoms with Crippen LogP contribution in [-0.2, 0) is 0 Å². The molecule has 1 rings (SSSR count). The zero-order chi connectivity index (χ0) is 12.5. The van der Waals surface area contributed by atoms with Gasteiger partial charge in [-0.2, -0.15) is 0 Å². The lowest BCUT2D eigenvalue weighted by atomic mass is 9.91. The number of benzene rings is 1. The van der Waals surface area contributed by atoms with E-state index in [1.807, 2.05) is 19.9 Å². The van der Waals surface area contributed by atoms with Crippen LogP contribution in [0.15, 0.2) is 12.1 Å². The highest BCUT2D eigenvalue weighted by molar-refractivity contribution is 5.97. The highest BCUT2D eigenvalue weighted by Crippen LogP contribution is 2.33. The maximum absolute atomic E-state index is 11.5. The topological polar surface area (TPSA) is 37.3 Å². The third-order valence-corrected chi connectivity index (χ3v) is 2.83. The Balaban J connectivity index is 3.45. The molecule has 1 aromatic rings. The van der Waals surface area contributed by atoms with Crippen LogP contribution in [0, 0.1) is 0 Å². The van der Waals surface area contributed by atoms with Crippen molar-refractivity contribution in [2.45, 2.75) is 46.5 Å². The van der Waals surface area contributed by atoms with Crippen LogP contribution in [0.25, 0.3) is 0 Å². The Bertz CT molecular complexity index is 403. The Morgan fingerprint density at radius 1 is 1.12 bits per heavy atom. The fourth-order valence-corrected chi connectivity index (χ4v) is 1.72. The van der Waals surface area contributed by atoms with E-state index in [9.17, 15) is 9.90 Å². The van der Waals surface area contributed by atoms with Crippen molar-refractivity contribution >= 4 is 5.78 Å². The van der Waals surface area contributed by atoms with Gasteiger partial charge in [0.1, 0.15) is 5.75 Å². The van der Waals surface area contributed by atoms with Gasteiger partial charge >= 0.3 is 0 Å². The molecule has 0 radical (unpaired) electrons. The van der Waals surface area contributed by atoms with Crippen molar-refractivity contribution in [2.75, 3.05) is 0 Å². The van der Waals surface area contributed by atoms with Crippen molar-refractivity contribution in [1.82, 2.24) is 0 Å². The fraction of sp³-hybridized carbons (Fsp3) is 0.500. The zero-order valence-corrected chi connectivity index (χ0v) is 10.7. The number of aromatic hydroxyl groups is 1. The summed E-state index contributed by atoms with van der Waals surface area (Å²) in [6, 6.07) is 3.80. The van der Waals surface area contributed by atoms with Crippen molar-refractivity contribution in [3.8, 4) is 5.75 Å². The average Bonchev–Trinajstić information content (AvgIpc) is 2.16. The van der Waals surface area contributed by atoms with Crippen molar-refractivity contribution < 1.29 is 9.90 Å². The number of phenolic OH excluding ortho intramolecular Hbond substituents is 1. The molecule has 0 amide bonds. The van der Waals surface area contributed by atoms with E-state index in [1.165, 1.54) is 6.92 Å². The van der Waals surface area contributed by atoms with Gasteiger partial charge in [0.25, 0.3) is 0 Å². The van der Waals surface area contributed by atoms with E-state index in [4.69, 9.17) is 0 Å². The molecule has 0 unspecified atom stereocenters. The average molecular weight is 220 g/mol. The quantitative estimate of drug-likeness (QED) is 0.786. The molecule has 2 nitrogen and oxygen atoms in total. The zero-order valence-electron chi connectivity index (χ0n) is 10.7. The first-order chi connectivity index (χ1) is 7.34. The van der Waals surface area contributed by atoms with Crippen LogP contribution in [-0.4, -0.2) is 10.9 Å².